The molecule has 1 saturated heterocycles. The van der Waals surface area contributed by atoms with Crippen LogP contribution in [-0.2, 0) is 4.79 Å². The zero-order valence-corrected chi connectivity index (χ0v) is 19.6. The van der Waals surface area contributed by atoms with Crippen LogP contribution in [0, 0.1) is 0 Å². The molecule has 1 aromatic heterocycles. The average molecular weight is 502 g/mol. The van der Waals surface area contributed by atoms with Gasteiger partial charge in [0.1, 0.15) is 11.3 Å². The normalized spacial score (nSPS) is 14.8. The van der Waals surface area contributed by atoms with Crippen LogP contribution in [0.5, 0.6) is 0 Å². The predicted octanol–water partition coefficient (Wildman–Crippen LogP) is 6.03. The highest BCUT2D eigenvalue weighted by Crippen LogP contribution is 2.33. The van der Waals surface area contributed by atoms with E-state index in [1.807, 2.05) is 30.3 Å². The summed E-state index contributed by atoms with van der Waals surface area (Å²) in [6, 6.07) is 21.9. The minimum atomic E-state index is -0.561. The van der Waals surface area contributed by atoms with Gasteiger partial charge in [0.15, 0.2) is 11.2 Å². The van der Waals surface area contributed by atoms with Gasteiger partial charge in [-0.25, -0.2) is 0 Å². The molecular weight excluding hydrogens is 486 g/mol. The number of nitrogens with zero attached hydrogens (tertiary/aromatic N) is 1. The number of rotatable bonds is 5. The molecule has 0 unspecified atom stereocenters. The number of fused-ring (bicyclic) bond motifs is 1. The number of imide groups is 1. The topological polar surface area (TPSA) is 84.7 Å². The molecule has 6 nitrogen and oxygen atoms in total. The second-order valence-corrected chi connectivity index (χ2v) is 9.22. The molecule has 0 radical (unpaired) electrons. The summed E-state index contributed by atoms with van der Waals surface area (Å²) in [7, 11) is 0. The summed E-state index contributed by atoms with van der Waals surface area (Å²) in [6.07, 6.45) is 1.53. The number of halogens is 1. The molecule has 172 valence electrons. The van der Waals surface area contributed by atoms with Crippen LogP contribution >= 0.6 is 23.4 Å². The molecule has 0 N–H and O–H groups in total. The zero-order chi connectivity index (χ0) is 24.5. The van der Waals surface area contributed by atoms with Gasteiger partial charge >= 0.3 is 0 Å². The van der Waals surface area contributed by atoms with Gasteiger partial charge in [-0.05, 0) is 59.8 Å². The molecule has 1 aliphatic rings. The van der Waals surface area contributed by atoms with E-state index in [0.29, 0.717) is 32.9 Å². The van der Waals surface area contributed by atoms with Gasteiger partial charge in [0.25, 0.3) is 11.1 Å². The number of thioether (sulfide) groups is 1. The Morgan fingerprint density at radius 1 is 0.943 bits per heavy atom. The van der Waals surface area contributed by atoms with Crippen molar-refractivity contribution in [3.63, 3.8) is 0 Å². The summed E-state index contributed by atoms with van der Waals surface area (Å²) in [5, 5.41) is 0.309. The second kappa shape index (κ2) is 9.37. The molecule has 0 atom stereocenters. The van der Waals surface area contributed by atoms with E-state index >= 15 is 0 Å². The van der Waals surface area contributed by atoms with E-state index in [9.17, 15) is 19.2 Å². The first-order valence-electron chi connectivity index (χ1n) is 10.6. The smallest absolute Gasteiger partial charge is 0.293 e. The van der Waals surface area contributed by atoms with Crippen molar-refractivity contribution in [3.05, 3.63) is 110 Å². The molecule has 0 spiro atoms. The number of hydrogen-bond donors (Lipinski definition) is 0. The zero-order valence-electron chi connectivity index (χ0n) is 18.1. The Morgan fingerprint density at radius 3 is 2.43 bits per heavy atom. The molecule has 35 heavy (non-hydrogen) atoms. The van der Waals surface area contributed by atoms with Gasteiger partial charge in [0.05, 0.1) is 16.8 Å². The number of ketones is 1. The van der Waals surface area contributed by atoms with E-state index in [-0.39, 0.29) is 22.7 Å². The van der Waals surface area contributed by atoms with Gasteiger partial charge in [-0.2, -0.15) is 0 Å². The SMILES string of the molecule is O=C(CN1C(=O)S/C(=C/c2ccc3oc(-c4ccccc4)cc(=O)c3c2)C1=O)c1ccc(Cl)cc1. The molecule has 0 bridgehead atoms. The Labute approximate surface area is 208 Å². The largest absolute Gasteiger partial charge is 0.456 e. The molecule has 4 aromatic rings. The van der Waals surface area contributed by atoms with Crippen LogP contribution in [0.2, 0.25) is 5.02 Å². The average Bonchev–Trinajstić information content (AvgIpc) is 3.12. The fraction of sp³-hybridized carbons (Fsp3) is 0.0370. The van der Waals surface area contributed by atoms with Gasteiger partial charge in [-0.3, -0.25) is 24.1 Å². The van der Waals surface area contributed by atoms with Crippen molar-refractivity contribution in [2.24, 2.45) is 0 Å². The quantitative estimate of drug-likeness (QED) is 0.245. The molecule has 1 fully saturated rings. The van der Waals surface area contributed by atoms with Gasteiger partial charge in [0, 0.05) is 22.2 Å². The lowest BCUT2D eigenvalue weighted by atomic mass is 10.1. The standard InChI is InChI=1S/C27H16ClNO5S/c28-19-9-7-17(8-10-19)22(31)15-29-26(32)25(35-27(29)33)13-16-6-11-23-20(12-16)21(30)14-24(34-23)18-4-2-1-3-5-18/h1-14H,15H2/b25-13+. The van der Waals surface area contributed by atoms with Crippen molar-refractivity contribution in [2.75, 3.05) is 6.54 Å². The fourth-order valence-corrected chi connectivity index (χ4v) is 4.63. The molecule has 8 heteroatoms. The second-order valence-electron chi connectivity index (χ2n) is 7.79. The third kappa shape index (κ3) is 4.69. The number of Topliss-reactive ketones (excluding diaryl/α,β-unsaturated/α-hetero) is 1. The van der Waals surface area contributed by atoms with E-state index in [1.165, 1.54) is 12.1 Å². The van der Waals surface area contributed by atoms with Crippen LogP contribution in [0.4, 0.5) is 4.79 Å². The van der Waals surface area contributed by atoms with Crippen LogP contribution in [0.3, 0.4) is 0 Å². The number of carbonyl (C=O) groups excluding carboxylic acids is 3. The number of amides is 2. The summed E-state index contributed by atoms with van der Waals surface area (Å²) in [4.78, 5) is 51.6. The summed E-state index contributed by atoms with van der Waals surface area (Å²) in [5.74, 6) is -0.473. The van der Waals surface area contributed by atoms with E-state index in [2.05, 4.69) is 0 Å². The lowest BCUT2D eigenvalue weighted by Gasteiger charge is -2.11. The highest BCUT2D eigenvalue weighted by atomic mass is 35.5. The van der Waals surface area contributed by atoms with E-state index < -0.39 is 11.1 Å². The van der Waals surface area contributed by atoms with Gasteiger partial charge in [-0.1, -0.05) is 48.0 Å². The van der Waals surface area contributed by atoms with Gasteiger partial charge in [0.2, 0.25) is 0 Å². The Morgan fingerprint density at radius 2 is 1.69 bits per heavy atom. The number of carbonyl (C=O) groups is 3. The van der Waals surface area contributed by atoms with Crippen molar-refractivity contribution in [1.29, 1.82) is 0 Å². The Balaban J connectivity index is 1.40. The fourth-order valence-electron chi connectivity index (χ4n) is 3.67. The van der Waals surface area contributed by atoms with Crippen LogP contribution in [0.1, 0.15) is 15.9 Å². The monoisotopic (exact) mass is 501 g/mol. The minimum Gasteiger partial charge on any atom is -0.456 e. The maximum Gasteiger partial charge on any atom is 0.293 e. The first-order chi connectivity index (χ1) is 16.9. The lowest BCUT2D eigenvalue weighted by molar-refractivity contribution is -0.122. The van der Waals surface area contributed by atoms with Crippen LogP contribution in [0.15, 0.2) is 93.0 Å². The lowest BCUT2D eigenvalue weighted by Crippen LogP contribution is -2.33. The van der Waals surface area contributed by atoms with Crippen molar-refractivity contribution >= 4 is 57.3 Å². The Hall–Kier alpha value is -3.94. The molecule has 2 amide bonds. The first kappa shape index (κ1) is 22.8. The summed E-state index contributed by atoms with van der Waals surface area (Å²) < 4.78 is 5.90. The molecule has 5 rings (SSSR count). The number of hydrogen-bond acceptors (Lipinski definition) is 6. The first-order valence-corrected chi connectivity index (χ1v) is 11.8. The van der Waals surface area contributed by atoms with Gasteiger partial charge in [-0.15, -0.1) is 0 Å². The van der Waals surface area contributed by atoms with Crippen LogP contribution < -0.4 is 5.43 Å². The maximum absolute atomic E-state index is 12.8. The van der Waals surface area contributed by atoms with E-state index in [0.717, 1.165) is 22.2 Å². The molecule has 0 saturated carbocycles. The molecule has 1 aliphatic heterocycles. The van der Waals surface area contributed by atoms with Crippen molar-refractivity contribution in [3.8, 4) is 11.3 Å². The Bertz CT molecular complexity index is 1580. The van der Waals surface area contributed by atoms with Gasteiger partial charge < -0.3 is 4.42 Å². The van der Waals surface area contributed by atoms with Crippen LogP contribution in [0.25, 0.3) is 28.4 Å². The van der Waals surface area contributed by atoms with Crippen molar-refractivity contribution in [2.45, 2.75) is 0 Å². The van der Waals surface area contributed by atoms with Crippen LogP contribution in [-0.4, -0.2) is 28.4 Å². The minimum absolute atomic E-state index is 0.170. The molecule has 0 aliphatic carbocycles. The Kier molecular flexibility index (Phi) is 6.11. The predicted molar refractivity (Wildman–Crippen MR) is 136 cm³/mol. The molecular formula is C27H16ClNO5S. The molecule has 2 heterocycles. The van der Waals surface area contributed by atoms with E-state index in [4.69, 9.17) is 16.0 Å². The van der Waals surface area contributed by atoms with Crippen molar-refractivity contribution in [1.82, 2.24) is 4.90 Å². The molecule has 3 aromatic carbocycles. The highest BCUT2D eigenvalue weighted by Gasteiger charge is 2.36. The highest BCUT2D eigenvalue weighted by molar-refractivity contribution is 8.18. The third-order valence-electron chi connectivity index (χ3n) is 5.45. The summed E-state index contributed by atoms with van der Waals surface area (Å²) in [5.41, 5.74) is 1.90. The van der Waals surface area contributed by atoms with E-state index in [1.54, 1.807) is 42.5 Å². The third-order valence-corrected chi connectivity index (χ3v) is 6.61. The number of benzene rings is 3. The maximum atomic E-state index is 12.8. The summed E-state index contributed by atoms with van der Waals surface area (Å²) >= 11 is 6.59. The summed E-state index contributed by atoms with van der Waals surface area (Å²) in [6.45, 7) is -0.368. The van der Waals surface area contributed by atoms with Crippen molar-refractivity contribution < 1.29 is 18.8 Å².